The zero-order chi connectivity index (χ0) is 14.1. The van der Waals surface area contributed by atoms with E-state index in [1.165, 1.54) is 0 Å². The first-order chi connectivity index (χ1) is 9.65. The third kappa shape index (κ3) is 2.38. The van der Waals surface area contributed by atoms with Gasteiger partial charge in [-0.15, -0.1) is 10.2 Å². The molecule has 108 valence electrons. The van der Waals surface area contributed by atoms with E-state index in [9.17, 15) is 14.7 Å². The lowest BCUT2D eigenvalue weighted by atomic mass is 10.1. The third-order valence-corrected chi connectivity index (χ3v) is 3.85. The van der Waals surface area contributed by atoms with E-state index in [2.05, 4.69) is 20.1 Å². The molecule has 0 aliphatic carbocycles. The molecule has 2 N–H and O–H groups in total. The average Bonchev–Trinajstić information content (AvgIpc) is 2.82. The van der Waals surface area contributed by atoms with Crippen molar-refractivity contribution >= 4 is 11.9 Å². The van der Waals surface area contributed by atoms with E-state index in [1.54, 1.807) is 4.90 Å². The number of hydrogen-bond donors (Lipinski definition) is 2. The van der Waals surface area contributed by atoms with Crippen molar-refractivity contribution < 1.29 is 14.7 Å². The first-order valence-corrected chi connectivity index (χ1v) is 6.79. The number of nitrogens with one attached hydrogen (secondary N) is 1. The van der Waals surface area contributed by atoms with Crippen LogP contribution in [0.2, 0.25) is 0 Å². The highest BCUT2D eigenvalue weighted by Crippen LogP contribution is 2.17. The van der Waals surface area contributed by atoms with Crippen LogP contribution in [0.15, 0.2) is 0 Å². The summed E-state index contributed by atoms with van der Waals surface area (Å²) in [5.41, 5.74) is 0. The van der Waals surface area contributed by atoms with Gasteiger partial charge in [-0.3, -0.25) is 14.5 Å². The smallest absolute Gasteiger partial charge is 0.322 e. The number of carbonyl (C=O) groups is 2. The Morgan fingerprint density at radius 2 is 2.25 bits per heavy atom. The van der Waals surface area contributed by atoms with Crippen LogP contribution in [0.3, 0.4) is 0 Å². The van der Waals surface area contributed by atoms with Gasteiger partial charge in [0.05, 0.1) is 13.1 Å². The second kappa shape index (κ2) is 5.20. The number of carbonyl (C=O) groups excluding carboxylic acids is 1. The van der Waals surface area contributed by atoms with Gasteiger partial charge in [0.2, 0.25) is 5.91 Å². The summed E-state index contributed by atoms with van der Waals surface area (Å²) >= 11 is 0. The lowest BCUT2D eigenvalue weighted by Gasteiger charge is -2.32. The second-order valence-electron chi connectivity index (χ2n) is 5.20. The van der Waals surface area contributed by atoms with Gasteiger partial charge in [0, 0.05) is 19.5 Å². The Hall–Kier alpha value is -1.96. The zero-order valence-electron chi connectivity index (χ0n) is 11.1. The maximum atomic E-state index is 11.5. The molecule has 3 rings (SSSR count). The zero-order valence-corrected chi connectivity index (χ0v) is 11.1. The Morgan fingerprint density at radius 3 is 3.05 bits per heavy atom. The summed E-state index contributed by atoms with van der Waals surface area (Å²) in [6.45, 7) is 1.43. The fourth-order valence-corrected chi connectivity index (χ4v) is 2.77. The molecule has 8 nitrogen and oxygen atoms in total. The Morgan fingerprint density at radius 1 is 1.40 bits per heavy atom. The van der Waals surface area contributed by atoms with Crippen LogP contribution in [0.1, 0.15) is 24.5 Å². The van der Waals surface area contributed by atoms with E-state index < -0.39 is 12.0 Å². The summed E-state index contributed by atoms with van der Waals surface area (Å²) in [4.78, 5) is 24.4. The van der Waals surface area contributed by atoms with Crippen molar-refractivity contribution in [3.8, 4) is 0 Å². The van der Waals surface area contributed by atoms with Crippen molar-refractivity contribution in [1.82, 2.24) is 25.0 Å². The maximum absolute atomic E-state index is 11.5. The fraction of sp³-hybridized carbons (Fsp3) is 0.667. The summed E-state index contributed by atoms with van der Waals surface area (Å²) in [5, 5.41) is 20.1. The lowest BCUT2D eigenvalue weighted by molar-refractivity contribution is -0.146. The van der Waals surface area contributed by atoms with Gasteiger partial charge in [-0.1, -0.05) is 0 Å². The third-order valence-electron chi connectivity index (χ3n) is 3.85. The normalized spacial score (nSPS) is 23.2. The maximum Gasteiger partial charge on any atom is 0.322 e. The minimum Gasteiger partial charge on any atom is -0.480 e. The number of nitrogens with zero attached hydrogens (tertiary/aromatic N) is 4. The molecule has 20 heavy (non-hydrogen) atoms. The number of carboxylic acids is 1. The summed E-state index contributed by atoms with van der Waals surface area (Å²) in [6.07, 6.45) is 3.11. The molecule has 0 spiro atoms. The standard InChI is InChI=1S/C12H17N5O3/c18-11-7-16(8(5-13-11)12(19)20)6-10-15-14-9-3-1-2-4-17(9)10/h8H,1-7H2,(H,13,18)(H,19,20). The molecule has 1 amide bonds. The van der Waals surface area contributed by atoms with Crippen molar-refractivity contribution in [1.29, 1.82) is 0 Å². The molecule has 1 aromatic heterocycles. The van der Waals surface area contributed by atoms with Crippen LogP contribution in [-0.4, -0.2) is 55.8 Å². The van der Waals surface area contributed by atoms with Gasteiger partial charge in [0.25, 0.3) is 0 Å². The van der Waals surface area contributed by atoms with Crippen LogP contribution in [0.5, 0.6) is 0 Å². The van der Waals surface area contributed by atoms with Gasteiger partial charge in [-0.25, -0.2) is 0 Å². The molecule has 2 aliphatic heterocycles. The molecule has 1 unspecified atom stereocenters. The number of piperazine rings is 1. The number of aryl methyl sites for hydroxylation is 1. The first-order valence-electron chi connectivity index (χ1n) is 6.79. The number of hydrogen-bond acceptors (Lipinski definition) is 5. The largest absolute Gasteiger partial charge is 0.480 e. The van der Waals surface area contributed by atoms with Crippen molar-refractivity contribution in [3.63, 3.8) is 0 Å². The minimum absolute atomic E-state index is 0.0825. The molecule has 8 heteroatoms. The number of aliphatic carboxylic acids is 1. The fourth-order valence-electron chi connectivity index (χ4n) is 2.77. The molecule has 3 heterocycles. The Labute approximate surface area is 115 Å². The van der Waals surface area contributed by atoms with E-state index in [1.807, 2.05) is 0 Å². The molecule has 0 bridgehead atoms. The van der Waals surface area contributed by atoms with Crippen LogP contribution in [0, 0.1) is 0 Å². The highest BCUT2D eigenvalue weighted by Gasteiger charge is 2.33. The summed E-state index contributed by atoms with van der Waals surface area (Å²) < 4.78 is 2.05. The highest BCUT2D eigenvalue weighted by atomic mass is 16.4. The molecule has 0 radical (unpaired) electrons. The van der Waals surface area contributed by atoms with Crippen LogP contribution < -0.4 is 5.32 Å². The number of amides is 1. The molecular formula is C12H17N5O3. The highest BCUT2D eigenvalue weighted by molar-refractivity contribution is 5.83. The Kier molecular flexibility index (Phi) is 3.39. The van der Waals surface area contributed by atoms with Crippen LogP contribution in [-0.2, 0) is 29.1 Å². The predicted octanol–water partition coefficient (Wildman–Crippen LogP) is -1.00. The van der Waals surface area contributed by atoms with E-state index in [0.29, 0.717) is 6.54 Å². The average molecular weight is 279 g/mol. The van der Waals surface area contributed by atoms with Crippen molar-refractivity contribution in [3.05, 3.63) is 11.6 Å². The number of rotatable bonds is 3. The van der Waals surface area contributed by atoms with Gasteiger partial charge in [0.1, 0.15) is 17.7 Å². The molecule has 0 aromatic carbocycles. The molecule has 0 saturated carbocycles. The molecule has 1 atom stereocenters. The number of fused-ring (bicyclic) bond motifs is 1. The number of aromatic nitrogens is 3. The van der Waals surface area contributed by atoms with Gasteiger partial charge >= 0.3 is 5.97 Å². The SMILES string of the molecule is O=C1CN(Cc2nnc3n2CCCC3)C(C(=O)O)CN1. The topological polar surface area (TPSA) is 100 Å². The van der Waals surface area contributed by atoms with Gasteiger partial charge < -0.3 is 15.0 Å². The van der Waals surface area contributed by atoms with E-state index in [-0.39, 0.29) is 19.0 Å². The Balaban J connectivity index is 1.79. The van der Waals surface area contributed by atoms with Crippen molar-refractivity contribution in [2.45, 2.75) is 38.4 Å². The quantitative estimate of drug-likeness (QED) is 0.736. The van der Waals surface area contributed by atoms with Gasteiger partial charge in [0.15, 0.2) is 0 Å². The summed E-state index contributed by atoms with van der Waals surface area (Å²) in [5.74, 6) is 0.629. The lowest BCUT2D eigenvalue weighted by Crippen LogP contribution is -2.57. The molecule has 2 aliphatic rings. The van der Waals surface area contributed by atoms with Crippen molar-refractivity contribution in [2.75, 3.05) is 13.1 Å². The van der Waals surface area contributed by atoms with E-state index in [4.69, 9.17) is 0 Å². The van der Waals surface area contributed by atoms with Crippen molar-refractivity contribution in [2.24, 2.45) is 0 Å². The van der Waals surface area contributed by atoms with Gasteiger partial charge in [-0.05, 0) is 12.8 Å². The molecule has 1 aromatic rings. The molecule has 1 saturated heterocycles. The monoisotopic (exact) mass is 279 g/mol. The summed E-state index contributed by atoms with van der Waals surface area (Å²) in [7, 11) is 0. The number of carboxylic acid groups (broad SMARTS) is 1. The predicted molar refractivity (Wildman–Crippen MR) is 67.8 cm³/mol. The first kappa shape index (κ1) is 13.0. The van der Waals surface area contributed by atoms with Crippen LogP contribution in [0.4, 0.5) is 0 Å². The van der Waals surface area contributed by atoms with Crippen LogP contribution >= 0.6 is 0 Å². The minimum atomic E-state index is -0.927. The van der Waals surface area contributed by atoms with Gasteiger partial charge in [-0.2, -0.15) is 0 Å². The van der Waals surface area contributed by atoms with E-state index in [0.717, 1.165) is 37.5 Å². The Bertz CT molecular complexity index is 541. The molecular weight excluding hydrogens is 262 g/mol. The summed E-state index contributed by atoms with van der Waals surface area (Å²) in [6, 6.07) is -0.704. The second-order valence-corrected chi connectivity index (χ2v) is 5.20. The van der Waals surface area contributed by atoms with E-state index >= 15 is 0 Å². The molecule has 1 fully saturated rings. The van der Waals surface area contributed by atoms with Crippen LogP contribution in [0.25, 0.3) is 0 Å².